The standard InChI is InChI=1S/C15H20ClNO2/c1-10-2-3-11(8-13(10)16)4-7-15(19)17-9-14(18)12-5-6-12/h2-3,8,12,14,18H,4-7,9H2,1H3,(H,17,19). The first-order valence-electron chi connectivity index (χ1n) is 6.76. The zero-order valence-corrected chi connectivity index (χ0v) is 11.9. The molecule has 1 amide bonds. The Morgan fingerprint density at radius 3 is 2.89 bits per heavy atom. The van der Waals surface area contributed by atoms with E-state index in [1.165, 1.54) is 0 Å². The molecular formula is C15H20ClNO2. The highest BCUT2D eigenvalue weighted by Crippen LogP contribution is 2.32. The van der Waals surface area contributed by atoms with Crippen LogP contribution >= 0.6 is 11.6 Å². The van der Waals surface area contributed by atoms with Gasteiger partial charge in [0, 0.05) is 18.0 Å². The van der Waals surface area contributed by atoms with Crippen molar-refractivity contribution in [3.8, 4) is 0 Å². The number of halogens is 1. The number of aryl methyl sites for hydroxylation is 2. The van der Waals surface area contributed by atoms with Gasteiger partial charge < -0.3 is 10.4 Å². The number of amides is 1. The molecular weight excluding hydrogens is 262 g/mol. The second kappa shape index (κ2) is 6.40. The van der Waals surface area contributed by atoms with Gasteiger partial charge in [-0.15, -0.1) is 0 Å². The van der Waals surface area contributed by atoms with Gasteiger partial charge in [-0.2, -0.15) is 0 Å². The molecule has 2 N–H and O–H groups in total. The SMILES string of the molecule is Cc1ccc(CCC(=O)NCC(O)C2CC2)cc1Cl. The summed E-state index contributed by atoms with van der Waals surface area (Å²) in [5, 5.41) is 13.2. The fraction of sp³-hybridized carbons (Fsp3) is 0.533. The van der Waals surface area contributed by atoms with Crippen LogP contribution in [0.15, 0.2) is 18.2 Å². The van der Waals surface area contributed by atoms with Gasteiger partial charge in [0.25, 0.3) is 0 Å². The van der Waals surface area contributed by atoms with E-state index in [-0.39, 0.29) is 12.0 Å². The van der Waals surface area contributed by atoms with Crippen molar-refractivity contribution in [2.75, 3.05) is 6.54 Å². The largest absolute Gasteiger partial charge is 0.391 e. The van der Waals surface area contributed by atoms with Gasteiger partial charge in [0.05, 0.1) is 6.10 Å². The van der Waals surface area contributed by atoms with E-state index in [0.29, 0.717) is 25.3 Å². The van der Waals surface area contributed by atoms with Gasteiger partial charge in [0.15, 0.2) is 0 Å². The summed E-state index contributed by atoms with van der Waals surface area (Å²) < 4.78 is 0. The Morgan fingerprint density at radius 2 is 2.26 bits per heavy atom. The highest BCUT2D eigenvalue weighted by atomic mass is 35.5. The van der Waals surface area contributed by atoms with E-state index in [1.807, 2.05) is 25.1 Å². The third kappa shape index (κ3) is 4.51. The van der Waals surface area contributed by atoms with Gasteiger partial charge in [0.2, 0.25) is 5.91 Å². The lowest BCUT2D eigenvalue weighted by atomic mass is 10.1. The van der Waals surface area contributed by atoms with Crippen LogP contribution in [0.2, 0.25) is 5.02 Å². The average molecular weight is 282 g/mol. The summed E-state index contributed by atoms with van der Waals surface area (Å²) in [4.78, 5) is 11.7. The topological polar surface area (TPSA) is 49.3 Å². The highest BCUT2D eigenvalue weighted by Gasteiger charge is 2.29. The molecule has 3 nitrogen and oxygen atoms in total. The molecule has 1 aliphatic rings. The minimum Gasteiger partial charge on any atom is -0.391 e. The van der Waals surface area contributed by atoms with Gasteiger partial charge in [0.1, 0.15) is 0 Å². The molecule has 4 heteroatoms. The van der Waals surface area contributed by atoms with Gasteiger partial charge in [-0.3, -0.25) is 4.79 Å². The van der Waals surface area contributed by atoms with Crippen molar-refractivity contribution in [3.63, 3.8) is 0 Å². The van der Waals surface area contributed by atoms with E-state index in [4.69, 9.17) is 11.6 Å². The first-order valence-corrected chi connectivity index (χ1v) is 7.14. The zero-order chi connectivity index (χ0) is 13.8. The number of aliphatic hydroxyl groups excluding tert-OH is 1. The molecule has 1 atom stereocenters. The Bertz CT molecular complexity index is 457. The van der Waals surface area contributed by atoms with Crippen molar-refractivity contribution < 1.29 is 9.90 Å². The maximum absolute atomic E-state index is 11.7. The maximum atomic E-state index is 11.7. The van der Waals surface area contributed by atoms with Crippen LogP contribution in [0.25, 0.3) is 0 Å². The van der Waals surface area contributed by atoms with Crippen molar-refractivity contribution in [2.24, 2.45) is 5.92 Å². The maximum Gasteiger partial charge on any atom is 0.220 e. The van der Waals surface area contributed by atoms with Crippen molar-refractivity contribution in [1.29, 1.82) is 0 Å². The summed E-state index contributed by atoms with van der Waals surface area (Å²) in [5.74, 6) is 0.382. The van der Waals surface area contributed by atoms with E-state index in [0.717, 1.165) is 29.0 Å². The van der Waals surface area contributed by atoms with E-state index in [9.17, 15) is 9.90 Å². The fourth-order valence-electron chi connectivity index (χ4n) is 2.00. The molecule has 1 fully saturated rings. The molecule has 0 bridgehead atoms. The van der Waals surface area contributed by atoms with Gasteiger partial charge in [-0.1, -0.05) is 23.7 Å². The lowest BCUT2D eigenvalue weighted by molar-refractivity contribution is -0.121. The molecule has 0 radical (unpaired) electrons. The van der Waals surface area contributed by atoms with Gasteiger partial charge in [-0.25, -0.2) is 0 Å². The first kappa shape index (κ1) is 14.4. The number of nitrogens with one attached hydrogen (secondary N) is 1. The molecule has 1 aliphatic carbocycles. The summed E-state index contributed by atoms with van der Waals surface area (Å²) in [6, 6.07) is 5.86. The number of carbonyl (C=O) groups is 1. The third-order valence-electron chi connectivity index (χ3n) is 3.55. The molecule has 1 aromatic rings. The fourth-order valence-corrected chi connectivity index (χ4v) is 2.21. The Morgan fingerprint density at radius 1 is 1.53 bits per heavy atom. The minimum atomic E-state index is -0.377. The van der Waals surface area contributed by atoms with Crippen LogP contribution in [0, 0.1) is 12.8 Å². The van der Waals surface area contributed by atoms with Crippen LogP contribution in [0.3, 0.4) is 0 Å². The zero-order valence-electron chi connectivity index (χ0n) is 11.2. The van der Waals surface area contributed by atoms with Gasteiger partial charge >= 0.3 is 0 Å². The van der Waals surface area contributed by atoms with Crippen LogP contribution in [0.1, 0.15) is 30.4 Å². The summed E-state index contributed by atoms with van der Waals surface area (Å²) in [6.45, 7) is 2.33. The summed E-state index contributed by atoms with van der Waals surface area (Å²) in [5.41, 5.74) is 2.11. The van der Waals surface area contributed by atoms with Gasteiger partial charge in [-0.05, 0) is 49.3 Å². The second-order valence-corrected chi connectivity index (χ2v) is 5.70. The van der Waals surface area contributed by atoms with Crippen molar-refractivity contribution >= 4 is 17.5 Å². The molecule has 1 unspecified atom stereocenters. The van der Waals surface area contributed by atoms with Crippen LogP contribution in [-0.2, 0) is 11.2 Å². The predicted molar refractivity (Wildman–Crippen MR) is 76.3 cm³/mol. The molecule has 0 aromatic heterocycles. The molecule has 1 saturated carbocycles. The number of benzene rings is 1. The number of hydrogen-bond donors (Lipinski definition) is 2. The number of carbonyl (C=O) groups excluding carboxylic acids is 1. The lowest BCUT2D eigenvalue weighted by Gasteiger charge is -2.10. The molecule has 104 valence electrons. The van der Waals surface area contributed by atoms with Crippen LogP contribution in [0.4, 0.5) is 0 Å². The average Bonchev–Trinajstić information content (AvgIpc) is 3.21. The highest BCUT2D eigenvalue weighted by molar-refractivity contribution is 6.31. The van der Waals surface area contributed by atoms with Crippen molar-refractivity contribution in [2.45, 2.75) is 38.7 Å². The van der Waals surface area contributed by atoms with Crippen molar-refractivity contribution in [3.05, 3.63) is 34.3 Å². The quantitative estimate of drug-likeness (QED) is 0.842. The smallest absolute Gasteiger partial charge is 0.220 e. The molecule has 0 spiro atoms. The Kier molecular flexibility index (Phi) is 4.83. The number of aliphatic hydroxyl groups is 1. The van der Waals surface area contributed by atoms with Crippen molar-refractivity contribution in [1.82, 2.24) is 5.32 Å². The molecule has 19 heavy (non-hydrogen) atoms. The Labute approximate surface area is 119 Å². The molecule has 0 aliphatic heterocycles. The number of hydrogen-bond acceptors (Lipinski definition) is 2. The molecule has 1 aromatic carbocycles. The minimum absolute atomic E-state index is 0.0172. The monoisotopic (exact) mass is 281 g/mol. The predicted octanol–water partition coefficient (Wildman–Crippen LogP) is 2.47. The Hall–Kier alpha value is -1.06. The number of rotatable bonds is 6. The summed E-state index contributed by atoms with van der Waals surface area (Å²) >= 11 is 6.04. The summed E-state index contributed by atoms with van der Waals surface area (Å²) in [6.07, 6.45) is 2.89. The Balaban J connectivity index is 1.71. The first-order chi connectivity index (χ1) is 9.06. The molecule has 0 saturated heterocycles. The summed E-state index contributed by atoms with van der Waals surface area (Å²) in [7, 11) is 0. The lowest BCUT2D eigenvalue weighted by Crippen LogP contribution is -2.33. The normalized spacial score (nSPS) is 16.2. The van der Waals surface area contributed by atoms with E-state index in [1.54, 1.807) is 0 Å². The van der Waals surface area contributed by atoms with E-state index >= 15 is 0 Å². The third-order valence-corrected chi connectivity index (χ3v) is 3.96. The van der Waals surface area contributed by atoms with Crippen LogP contribution < -0.4 is 5.32 Å². The van der Waals surface area contributed by atoms with E-state index < -0.39 is 0 Å². The molecule has 2 rings (SSSR count). The van der Waals surface area contributed by atoms with Crippen LogP contribution in [0.5, 0.6) is 0 Å². The van der Waals surface area contributed by atoms with Crippen LogP contribution in [-0.4, -0.2) is 23.7 Å². The second-order valence-electron chi connectivity index (χ2n) is 5.29. The van der Waals surface area contributed by atoms with E-state index in [2.05, 4.69) is 5.32 Å². The molecule has 0 heterocycles.